The fourth-order valence-electron chi connectivity index (χ4n) is 1.38. The van der Waals surface area contributed by atoms with Gasteiger partial charge in [-0.1, -0.05) is 0 Å². The van der Waals surface area contributed by atoms with Crippen LogP contribution >= 0.6 is 0 Å². The summed E-state index contributed by atoms with van der Waals surface area (Å²) in [6.45, 7) is 2.89. The molecule has 1 saturated heterocycles. The van der Waals surface area contributed by atoms with Crippen molar-refractivity contribution in [3.63, 3.8) is 0 Å². The molecule has 0 spiro atoms. The average Bonchev–Trinajstić information content (AvgIpc) is 2.17. The van der Waals surface area contributed by atoms with E-state index in [4.69, 9.17) is 15.0 Å². The van der Waals surface area contributed by atoms with Crippen LogP contribution in [0, 0.1) is 5.92 Å². The molecule has 8 heteroatoms. The Bertz CT molecular complexity index is 280. The average molecular weight is 257 g/mol. The topological polar surface area (TPSA) is 86.6 Å². The number of alkyl halides is 3. The number of hydrogen-bond donors (Lipinski definition) is 3. The van der Waals surface area contributed by atoms with Crippen LogP contribution in [-0.4, -0.2) is 40.9 Å². The van der Waals surface area contributed by atoms with Crippen molar-refractivity contribution >= 4 is 11.9 Å². The molecule has 5 nitrogen and oxygen atoms in total. The number of carbonyl (C=O) groups is 2. The highest BCUT2D eigenvalue weighted by Crippen LogP contribution is 2.15. The molecule has 3 N–H and O–H groups in total. The standard InChI is InChI=1S/C7H13NO2.C2HF3O2/c1-5-6(7(9)10)3-2-4-8-5;3-2(4,5)1(6)7/h5-6,8H,2-4H2,1H3,(H,9,10);(H,6,7). The molecule has 1 aliphatic rings. The second-order valence-electron chi connectivity index (χ2n) is 3.63. The van der Waals surface area contributed by atoms with Gasteiger partial charge in [-0.15, -0.1) is 0 Å². The van der Waals surface area contributed by atoms with Crippen LogP contribution in [0.4, 0.5) is 13.2 Å². The highest BCUT2D eigenvalue weighted by molar-refractivity contribution is 5.73. The molecule has 1 aliphatic heterocycles. The van der Waals surface area contributed by atoms with Crippen molar-refractivity contribution in [2.75, 3.05) is 6.54 Å². The molecule has 2 unspecified atom stereocenters. The van der Waals surface area contributed by atoms with Gasteiger partial charge in [0.15, 0.2) is 0 Å². The summed E-state index contributed by atoms with van der Waals surface area (Å²) in [5.41, 5.74) is 0. The van der Waals surface area contributed by atoms with Crippen LogP contribution < -0.4 is 5.32 Å². The fraction of sp³-hybridized carbons (Fsp3) is 0.778. The molecule has 2 atom stereocenters. The van der Waals surface area contributed by atoms with Gasteiger partial charge >= 0.3 is 18.1 Å². The van der Waals surface area contributed by atoms with Gasteiger partial charge in [0, 0.05) is 6.04 Å². The van der Waals surface area contributed by atoms with E-state index in [1.807, 2.05) is 6.92 Å². The number of carboxylic acids is 2. The third-order valence-corrected chi connectivity index (χ3v) is 2.32. The van der Waals surface area contributed by atoms with E-state index >= 15 is 0 Å². The summed E-state index contributed by atoms with van der Waals surface area (Å²) in [5, 5.41) is 18.9. The number of aliphatic carboxylic acids is 2. The van der Waals surface area contributed by atoms with Crippen LogP contribution in [0.3, 0.4) is 0 Å². The smallest absolute Gasteiger partial charge is 0.481 e. The highest BCUT2D eigenvalue weighted by Gasteiger charge is 2.38. The Morgan fingerprint density at radius 3 is 2.00 bits per heavy atom. The fourth-order valence-corrected chi connectivity index (χ4v) is 1.38. The lowest BCUT2D eigenvalue weighted by atomic mass is 9.92. The van der Waals surface area contributed by atoms with Gasteiger partial charge in [-0.05, 0) is 26.3 Å². The molecular weight excluding hydrogens is 243 g/mol. The van der Waals surface area contributed by atoms with E-state index in [0.29, 0.717) is 0 Å². The molecule has 1 rings (SSSR count). The van der Waals surface area contributed by atoms with Crippen molar-refractivity contribution < 1.29 is 33.0 Å². The first-order valence-corrected chi connectivity index (χ1v) is 4.92. The molecule has 0 saturated carbocycles. The summed E-state index contributed by atoms with van der Waals surface area (Å²) in [5.74, 6) is -3.60. The summed E-state index contributed by atoms with van der Waals surface area (Å²) in [6.07, 6.45) is -3.27. The van der Waals surface area contributed by atoms with Crippen LogP contribution in [0.1, 0.15) is 19.8 Å². The number of nitrogens with one attached hydrogen (secondary N) is 1. The van der Waals surface area contributed by atoms with Crippen molar-refractivity contribution in [2.24, 2.45) is 5.92 Å². The van der Waals surface area contributed by atoms with Gasteiger partial charge in [0.25, 0.3) is 0 Å². The van der Waals surface area contributed by atoms with E-state index in [2.05, 4.69) is 5.32 Å². The first kappa shape index (κ1) is 15.7. The maximum atomic E-state index is 10.6. The summed E-state index contributed by atoms with van der Waals surface area (Å²) >= 11 is 0. The zero-order valence-corrected chi connectivity index (χ0v) is 9.12. The Morgan fingerprint density at radius 2 is 1.76 bits per heavy atom. The predicted octanol–water partition coefficient (Wildman–Crippen LogP) is 1.09. The highest BCUT2D eigenvalue weighted by atomic mass is 19.4. The first-order chi connectivity index (χ1) is 7.66. The van der Waals surface area contributed by atoms with Crippen LogP contribution in [0.25, 0.3) is 0 Å². The van der Waals surface area contributed by atoms with E-state index in [1.54, 1.807) is 0 Å². The molecule has 0 amide bonds. The molecule has 0 aliphatic carbocycles. The van der Waals surface area contributed by atoms with Crippen LogP contribution in [0.2, 0.25) is 0 Å². The van der Waals surface area contributed by atoms with Gasteiger partial charge in [0.05, 0.1) is 5.92 Å². The summed E-state index contributed by atoms with van der Waals surface area (Å²) < 4.78 is 31.7. The Morgan fingerprint density at radius 1 is 1.29 bits per heavy atom. The minimum absolute atomic E-state index is 0.145. The number of hydrogen-bond acceptors (Lipinski definition) is 3. The van der Waals surface area contributed by atoms with E-state index in [1.165, 1.54) is 0 Å². The van der Waals surface area contributed by atoms with Gasteiger partial charge in [-0.25, -0.2) is 4.79 Å². The van der Waals surface area contributed by atoms with Crippen LogP contribution in [0.15, 0.2) is 0 Å². The van der Waals surface area contributed by atoms with Gasteiger partial charge in [0.1, 0.15) is 0 Å². The number of piperidine rings is 1. The number of carboxylic acid groups (broad SMARTS) is 2. The molecule has 0 aromatic heterocycles. The maximum Gasteiger partial charge on any atom is 0.490 e. The van der Waals surface area contributed by atoms with Gasteiger partial charge in [0.2, 0.25) is 0 Å². The SMILES string of the molecule is CC1NCCCC1C(=O)O.O=C(O)C(F)(F)F. The number of rotatable bonds is 1. The largest absolute Gasteiger partial charge is 0.490 e. The molecule has 0 aromatic rings. The Balaban J connectivity index is 0.000000325. The van der Waals surface area contributed by atoms with Crippen molar-refractivity contribution in [2.45, 2.75) is 32.0 Å². The molecule has 1 heterocycles. The molecule has 0 bridgehead atoms. The Hall–Kier alpha value is -1.31. The monoisotopic (exact) mass is 257 g/mol. The lowest BCUT2D eigenvalue weighted by Crippen LogP contribution is -2.42. The first-order valence-electron chi connectivity index (χ1n) is 4.92. The van der Waals surface area contributed by atoms with Crippen molar-refractivity contribution in [1.29, 1.82) is 0 Å². The van der Waals surface area contributed by atoms with Gasteiger partial charge in [-0.3, -0.25) is 4.79 Å². The third-order valence-electron chi connectivity index (χ3n) is 2.32. The summed E-state index contributed by atoms with van der Waals surface area (Å²) in [6, 6.07) is 0.145. The Kier molecular flexibility index (Phi) is 5.94. The van der Waals surface area contributed by atoms with Crippen molar-refractivity contribution in [3.05, 3.63) is 0 Å². The normalized spacial score (nSPS) is 24.5. The molecule has 100 valence electrons. The molecule has 17 heavy (non-hydrogen) atoms. The van der Waals surface area contributed by atoms with Gasteiger partial charge < -0.3 is 15.5 Å². The summed E-state index contributed by atoms with van der Waals surface area (Å²) in [4.78, 5) is 19.4. The lowest BCUT2D eigenvalue weighted by Gasteiger charge is -2.26. The zero-order valence-electron chi connectivity index (χ0n) is 9.12. The van der Waals surface area contributed by atoms with Crippen LogP contribution in [0.5, 0.6) is 0 Å². The molecular formula is C9H14F3NO4. The van der Waals surface area contributed by atoms with E-state index in [0.717, 1.165) is 19.4 Å². The van der Waals surface area contributed by atoms with Crippen LogP contribution in [-0.2, 0) is 9.59 Å². The predicted molar refractivity (Wildman–Crippen MR) is 51.5 cm³/mol. The maximum absolute atomic E-state index is 10.6. The minimum atomic E-state index is -5.08. The molecule has 0 aromatic carbocycles. The van der Waals surface area contributed by atoms with E-state index < -0.39 is 18.1 Å². The quantitative estimate of drug-likeness (QED) is 0.654. The van der Waals surface area contributed by atoms with E-state index in [-0.39, 0.29) is 12.0 Å². The van der Waals surface area contributed by atoms with Gasteiger partial charge in [-0.2, -0.15) is 13.2 Å². The second kappa shape index (κ2) is 6.43. The minimum Gasteiger partial charge on any atom is -0.481 e. The van der Waals surface area contributed by atoms with E-state index in [9.17, 15) is 18.0 Å². The third kappa shape index (κ3) is 6.10. The van der Waals surface area contributed by atoms with Crippen molar-refractivity contribution in [1.82, 2.24) is 5.32 Å². The zero-order chi connectivity index (χ0) is 13.6. The summed E-state index contributed by atoms with van der Waals surface area (Å²) in [7, 11) is 0. The molecule has 1 fully saturated rings. The van der Waals surface area contributed by atoms with Crippen molar-refractivity contribution in [3.8, 4) is 0 Å². The Labute approximate surface area is 95.6 Å². The second-order valence-corrected chi connectivity index (χ2v) is 3.63. The molecule has 0 radical (unpaired) electrons. The number of halogens is 3. The lowest BCUT2D eigenvalue weighted by molar-refractivity contribution is -0.192.